The van der Waals surface area contributed by atoms with Crippen molar-refractivity contribution >= 4 is 5.97 Å². The number of methoxy groups -OCH3 is 1. The Morgan fingerprint density at radius 3 is 2.61 bits per heavy atom. The number of rotatable bonds is 7. The number of carbonyl (C=O) groups is 1. The molecule has 4 heteroatoms. The molecule has 1 aliphatic carbocycles. The minimum Gasteiger partial charge on any atom is -0.468 e. The first-order valence-electron chi connectivity index (χ1n) is 7.01. The Morgan fingerprint density at radius 1 is 1.33 bits per heavy atom. The lowest BCUT2D eigenvalue weighted by atomic mass is 9.90. The van der Waals surface area contributed by atoms with Crippen molar-refractivity contribution in [2.75, 3.05) is 20.3 Å². The average Bonchev–Trinajstić information content (AvgIpc) is 2.38. The van der Waals surface area contributed by atoms with Crippen LogP contribution in [0.3, 0.4) is 0 Å². The van der Waals surface area contributed by atoms with Gasteiger partial charge in [0.1, 0.15) is 5.54 Å². The summed E-state index contributed by atoms with van der Waals surface area (Å²) in [5.41, 5.74) is 4.98. The minimum absolute atomic E-state index is 0.352. The van der Waals surface area contributed by atoms with Gasteiger partial charge in [0.05, 0.1) is 7.11 Å². The fourth-order valence-corrected chi connectivity index (χ4v) is 2.48. The van der Waals surface area contributed by atoms with Crippen molar-refractivity contribution in [1.82, 2.24) is 0 Å². The van der Waals surface area contributed by atoms with Crippen molar-refractivity contribution in [3.63, 3.8) is 0 Å². The molecule has 0 aromatic carbocycles. The number of esters is 1. The predicted molar refractivity (Wildman–Crippen MR) is 71.2 cm³/mol. The third-order valence-electron chi connectivity index (χ3n) is 3.71. The van der Waals surface area contributed by atoms with Gasteiger partial charge in [0, 0.05) is 13.2 Å². The molecule has 0 spiro atoms. The highest BCUT2D eigenvalue weighted by Gasteiger charge is 2.28. The summed E-state index contributed by atoms with van der Waals surface area (Å²) < 4.78 is 10.3. The summed E-state index contributed by atoms with van der Waals surface area (Å²) in [5, 5.41) is 0. The molecule has 18 heavy (non-hydrogen) atoms. The predicted octanol–water partition coefficient (Wildman–Crippen LogP) is 2.25. The largest absolute Gasteiger partial charge is 0.468 e. The molecule has 0 saturated heterocycles. The van der Waals surface area contributed by atoms with E-state index in [0.717, 1.165) is 18.9 Å². The molecule has 0 aromatic heterocycles. The monoisotopic (exact) mass is 257 g/mol. The maximum atomic E-state index is 11.4. The standard InChI is InChI=1S/C14H27NO3/c1-14(15,13(16)17-2)9-6-10-18-11-12-7-4-3-5-8-12/h12H,3-11,15H2,1-2H3. The summed E-state index contributed by atoms with van der Waals surface area (Å²) in [6.07, 6.45) is 8.07. The van der Waals surface area contributed by atoms with E-state index in [2.05, 4.69) is 4.74 Å². The van der Waals surface area contributed by atoms with Crippen LogP contribution in [0.5, 0.6) is 0 Å². The molecule has 106 valence electrons. The number of hydrogen-bond acceptors (Lipinski definition) is 4. The zero-order chi connectivity index (χ0) is 13.4. The third-order valence-corrected chi connectivity index (χ3v) is 3.71. The number of carbonyl (C=O) groups excluding carboxylic acids is 1. The minimum atomic E-state index is -0.886. The van der Waals surface area contributed by atoms with Gasteiger partial charge in [0.15, 0.2) is 0 Å². The van der Waals surface area contributed by atoms with Crippen molar-refractivity contribution in [1.29, 1.82) is 0 Å². The second-order valence-corrected chi connectivity index (χ2v) is 5.59. The third kappa shape index (κ3) is 5.36. The number of ether oxygens (including phenoxy) is 2. The topological polar surface area (TPSA) is 61.5 Å². The molecule has 2 N–H and O–H groups in total. The van der Waals surface area contributed by atoms with Crippen molar-refractivity contribution in [2.24, 2.45) is 11.7 Å². The Morgan fingerprint density at radius 2 is 2.00 bits per heavy atom. The van der Waals surface area contributed by atoms with Crippen LogP contribution in [0.15, 0.2) is 0 Å². The molecule has 1 atom stereocenters. The lowest BCUT2D eigenvalue weighted by Crippen LogP contribution is -2.45. The van der Waals surface area contributed by atoms with Crippen LogP contribution in [0.4, 0.5) is 0 Å². The lowest BCUT2D eigenvalue weighted by molar-refractivity contribution is -0.146. The van der Waals surface area contributed by atoms with Gasteiger partial charge in [-0.3, -0.25) is 4.79 Å². The van der Waals surface area contributed by atoms with Gasteiger partial charge in [0.25, 0.3) is 0 Å². The second kappa shape index (κ2) is 7.74. The van der Waals surface area contributed by atoms with Crippen LogP contribution in [0, 0.1) is 5.92 Å². The molecule has 1 saturated carbocycles. The van der Waals surface area contributed by atoms with Crippen molar-refractivity contribution in [2.45, 2.75) is 57.4 Å². The van der Waals surface area contributed by atoms with Gasteiger partial charge in [-0.15, -0.1) is 0 Å². The summed E-state index contributed by atoms with van der Waals surface area (Å²) in [4.78, 5) is 11.4. The molecule has 1 unspecified atom stereocenters. The molecule has 0 heterocycles. The van der Waals surface area contributed by atoms with Gasteiger partial charge in [0.2, 0.25) is 0 Å². The second-order valence-electron chi connectivity index (χ2n) is 5.59. The molecular formula is C14H27NO3. The van der Waals surface area contributed by atoms with Gasteiger partial charge in [-0.2, -0.15) is 0 Å². The van der Waals surface area contributed by atoms with Crippen LogP contribution in [0.25, 0.3) is 0 Å². The van der Waals surface area contributed by atoms with Crippen molar-refractivity contribution < 1.29 is 14.3 Å². The first-order chi connectivity index (χ1) is 8.56. The number of nitrogens with two attached hydrogens (primary N) is 1. The molecule has 4 nitrogen and oxygen atoms in total. The highest BCUT2D eigenvalue weighted by Crippen LogP contribution is 2.23. The highest BCUT2D eigenvalue weighted by atomic mass is 16.5. The Bertz CT molecular complexity index is 247. The van der Waals surface area contributed by atoms with Gasteiger partial charge in [-0.05, 0) is 38.5 Å². The fourth-order valence-electron chi connectivity index (χ4n) is 2.48. The smallest absolute Gasteiger partial charge is 0.325 e. The zero-order valence-corrected chi connectivity index (χ0v) is 11.7. The Balaban J connectivity index is 2.05. The maximum Gasteiger partial charge on any atom is 0.325 e. The lowest BCUT2D eigenvalue weighted by Gasteiger charge is -2.23. The SMILES string of the molecule is COC(=O)C(C)(N)CCCOCC1CCCCC1. The molecular weight excluding hydrogens is 230 g/mol. The van der Waals surface area contributed by atoms with Gasteiger partial charge < -0.3 is 15.2 Å². The normalized spacial score (nSPS) is 20.4. The van der Waals surface area contributed by atoms with Crippen molar-refractivity contribution in [3.8, 4) is 0 Å². The molecule has 0 aliphatic heterocycles. The molecule has 0 radical (unpaired) electrons. The van der Waals surface area contributed by atoms with E-state index in [9.17, 15) is 4.79 Å². The molecule has 0 amide bonds. The summed E-state index contributed by atoms with van der Waals surface area (Å²) >= 11 is 0. The number of hydrogen-bond donors (Lipinski definition) is 1. The van der Waals surface area contributed by atoms with Crippen LogP contribution in [0.1, 0.15) is 51.9 Å². The van der Waals surface area contributed by atoms with E-state index in [1.165, 1.54) is 39.2 Å². The van der Waals surface area contributed by atoms with E-state index < -0.39 is 5.54 Å². The summed E-state index contributed by atoms with van der Waals surface area (Å²) in [6.45, 7) is 3.25. The molecule has 1 rings (SSSR count). The first-order valence-corrected chi connectivity index (χ1v) is 7.01. The quantitative estimate of drug-likeness (QED) is 0.561. The van der Waals surface area contributed by atoms with E-state index in [4.69, 9.17) is 10.5 Å². The molecule has 0 bridgehead atoms. The fraction of sp³-hybridized carbons (Fsp3) is 0.929. The molecule has 0 aromatic rings. The van der Waals surface area contributed by atoms with Gasteiger partial charge in [-0.25, -0.2) is 0 Å². The Hall–Kier alpha value is -0.610. The van der Waals surface area contributed by atoms with Crippen LogP contribution >= 0.6 is 0 Å². The van der Waals surface area contributed by atoms with Crippen LogP contribution in [-0.4, -0.2) is 31.8 Å². The maximum absolute atomic E-state index is 11.4. The van der Waals surface area contributed by atoms with E-state index >= 15 is 0 Å². The van der Waals surface area contributed by atoms with Crippen LogP contribution < -0.4 is 5.73 Å². The first kappa shape index (κ1) is 15.4. The van der Waals surface area contributed by atoms with E-state index in [1.807, 2.05) is 0 Å². The summed E-state index contributed by atoms with van der Waals surface area (Å²) in [7, 11) is 1.37. The van der Waals surface area contributed by atoms with Crippen LogP contribution in [0.2, 0.25) is 0 Å². The Labute approximate surface area is 110 Å². The summed E-state index contributed by atoms with van der Waals surface area (Å²) in [5.74, 6) is 0.387. The highest BCUT2D eigenvalue weighted by molar-refractivity contribution is 5.79. The van der Waals surface area contributed by atoms with E-state index in [-0.39, 0.29) is 5.97 Å². The van der Waals surface area contributed by atoms with E-state index in [1.54, 1.807) is 6.92 Å². The van der Waals surface area contributed by atoms with Gasteiger partial charge >= 0.3 is 5.97 Å². The van der Waals surface area contributed by atoms with Crippen LogP contribution in [-0.2, 0) is 14.3 Å². The summed E-state index contributed by atoms with van der Waals surface area (Å²) in [6, 6.07) is 0. The molecule has 1 fully saturated rings. The average molecular weight is 257 g/mol. The van der Waals surface area contributed by atoms with E-state index in [0.29, 0.717) is 13.0 Å². The Kier molecular flexibility index (Phi) is 6.65. The molecule has 1 aliphatic rings. The van der Waals surface area contributed by atoms with Gasteiger partial charge in [-0.1, -0.05) is 19.3 Å². The zero-order valence-electron chi connectivity index (χ0n) is 11.7. The van der Waals surface area contributed by atoms with Crippen molar-refractivity contribution in [3.05, 3.63) is 0 Å².